The summed E-state index contributed by atoms with van der Waals surface area (Å²) in [6, 6.07) is 6.06. The number of hydrogen-bond donors (Lipinski definition) is 1. The molecule has 0 fully saturated rings. The van der Waals surface area contributed by atoms with Crippen molar-refractivity contribution in [3.63, 3.8) is 0 Å². The number of ether oxygens (including phenoxy) is 1. The lowest BCUT2D eigenvalue weighted by atomic mass is 10.0. The highest BCUT2D eigenvalue weighted by Crippen LogP contribution is 2.30. The van der Waals surface area contributed by atoms with Gasteiger partial charge in [-0.3, -0.25) is 0 Å². The highest BCUT2D eigenvalue weighted by molar-refractivity contribution is 7.09. The standard InChI is InChI=1S/C13H14N2OS/c1-8-7-17-13(15-8)12(14)10-2-3-11-9(6-10)4-5-16-11/h2-3,6-7,12H,4-5,14H2,1H3. The number of aromatic nitrogens is 1. The fourth-order valence-corrected chi connectivity index (χ4v) is 2.88. The first-order chi connectivity index (χ1) is 8.24. The lowest BCUT2D eigenvalue weighted by molar-refractivity contribution is 0.357. The Bertz CT molecular complexity index is 550. The quantitative estimate of drug-likeness (QED) is 0.885. The van der Waals surface area contributed by atoms with Crippen LogP contribution in [0.2, 0.25) is 0 Å². The second-order valence-electron chi connectivity index (χ2n) is 4.27. The second kappa shape index (κ2) is 4.13. The van der Waals surface area contributed by atoms with Crippen LogP contribution in [-0.2, 0) is 6.42 Å². The van der Waals surface area contributed by atoms with Gasteiger partial charge in [0.1, 0.15) is 10.8 Å². The van der Waals surface area contributed by atoms with Gasteiger partial charge in [0, 0.05) is 17.5 Å². The lowest BCUT2D eigenvalue weighted by Gasteiger charge is -2.10. The van der Waals surface area contributed by atoms with Gasteiger partial charge in [-0.2, -0.15) is 0 Å². The molecule has 0 radical (unpaired) electrons. The second-order valence-corrected chi connectivity index (χ2v) is 5.16. The van der Waals surface area contributed by atoms with Gasteiger partial charge in [0.25, 0.3) is 0 Å². The van der Waals surface area contributed by atoms with E-state index in [4.69, 9.17) is 10.5 Å². The zero-order valence-corrected chi connectivity index (χ0v) is 10.5. The fraction of sp³-hybridized carbons (Fsp3) is 0.308. The van der Waals surface area contributed by atoms with E-state index >= 15 is 0 Å². The van der Waals surface area contributed by atoms with Gasteiger partial charge in [0.15, 0.2) is 0 Å². The summed E-state index contributed by atoms with van der Waals surface area (Å²) in [6.45, 7) is 2.77. The first-order valence-electron chi connectivity index (χ1n) is 5.67. The predicted molar refractivity (Wildman–Crippen MR) is 68.5 cm³/mol. The molecule has 2 N–H and O–H groups in total. The molecule has 3 rings (SSSR count). The molecule has 1 atom stereocenters. The molecule has 1 aliphatic heterocycles. The molecule has 0 saturated heterocycles. The summed E-state index contributed by atoms with van der Waals surface area (Å²) in [4.78, 5) is 4.44. The third-order valence-corrected chi connectivity index (χ3v) is 4.02. The smallest absolute Gasteiger partial charge is 0.122 e. The number of rotatable bonds is 2. The Morgan fingerprint density at radius 2 is 2.35 bits per heavy atom. The molecule has 3 nitrogen and oxygen atoms in total. The molecular formula is C13H14N2OS. The van der Waals surface area contributed by atoms with E-state index in [0.29, 0.717) is 0 Å². The third kappa shape index (κ3) is 1.94. The monoisotopic (exact) mass is 246 g/mol. The number of benzene rings is 1. The molecule has 2 heterocycles. The lowest BCUT2D eigenvalue weighted by Crippen LogP contribution is -2.11. The van der Waals surface area contributed by atoms with Crippen LogP contribution in [0.15, 0.2) is 23.6 Å². The maximum absolute atomic E-state index is 6.23. The van der Waals surface area contributed by atoms with Crippen LogP contribution in [0.3, 0.4) is 0 Å². The van der Waals surface area contributed by atoms with Crippen molar-refractivity contribution in [3.8, 4) is 5.75 Å². The van der Waals surface area contributed by atoms with Crippen LogP contribution in [0.1, 0.15) is 27.9 Å². The number of thiazole rings is 1. The van der Waals surface area contributed by atoms with E-state index in [2.05, 4.69) is 11.1 Å². The topological polar surface area (TPSA) is 48.1 Å². The van der Waals surface area contributed by atoms with Crippen LogP contribution in [-0.4, -0.2) is 11.6 Å². The summed E-state index contributed by atoms with van der Waals surface area (Å²) >= 11 is 1.62. The fourth-order valence-electron chi connectivity index (χ4n) is 2.06. The molecule has 0 bridgehead atoms. The van der Waals surface area contributed by atoms with Gasteiger partial charge in [0.05, 0.1) is 12.6 Å². The van der Waals surface area contributed by atoms with Crippen molar-refractivity contribution in [1.29, 1.82) is 0 Å². The Labute approximate surface area is 104 Å². The number of fused-ring (bicyclic) bond motifs is 1. The first kappa shape index (κ1) is 10.7. The molecule has 1 aliphatic rings. The van der Waals surface area contributed by atoms with Gasteiger partial charge in [-0.05, 0) is 30.2 Å². The number of hydrogen-bond acceptors (Lipinski definition) is 4. The van der Waals surface area contributed by atoms with E-state index in [1.165, 1.54) is 5.56 Å². The van der Waals surface area contributed by atoms with Crippen LogP contribution < -0.4 is 10.5 Å². The number of nitrogens with two attached hydrogens (primary N) is 1. The summed E-state index contributed by atoms with van der Waals surface area (Å²) in [5.41, 5.74) is 9.63. The first-order valence-corrected chi connectivity index (χ1v) is 6.55. The molecule has 2 aromatic rings. The number of nitrogens with zero attached hydrogens (tertiary/aromatic N) is 1. The Morgan fingerprint density at radius 1 is 1.47 bits per heavy atom. The largest absolute Gasteiger partial charge is 0.493 e. The minimum Gasteiger partial charge on any atom is -0.493 e. The van der Waals surface area contributed by atoms with Crippen molar-refractivity contribution < 1.29 is 4.74 Å². The normalized spacial score (nSPS) is 15.4. The Balaban J connectivity index is 1.94. The highest BCUT2D eigenvalue weighted by Gasteiger charge is 2.17. The molecule has 0 aliphatic carbocycles. The SMILES string of the molecule is Cc1csc(C(N)c2ccc3c(c2)CCO3)n1. The molecule has 1 aromatic heterocycles. The molecule has 88 valence electrons. The van der Waals surface area contributed by atoms with Gasteiger partial charge in [0.2, 0.25) is 0 Å². The van der Waals surface area contributed by atoms with E-state index in [9.17, 15) is 0 Å². The van der Waals surface area contributed by atoms with Gasteiger partial charge in [-0.15, -0.1) is 11.3 Å². The molecule has 4 heteroatoms. The maximum Gasteiger partial charge on any atom is 0.122 e. The van der Waals surface area contributed by atoms with Gasteiger partial charge in [-0.1, -0.05) is 6.07 Å². The minimum atomic E-state index is -0.125. The summed E-state index contributed by atoms with van der Waals surface area (Å²) in [5.74, 6) is 0.997. The molecule has 0 saturated carbocycles. The minimum absolute atomic E-state index is 0.125. The van der Waals surface area contributed by atoms with Gasteiger partial charge < -0.3 is 10.5 Å². The van der Waals surface area contributed by atoms with Crippen LogP contribution in [0.4, 0.5) is 0 Å². The Morgan fingerprint density at radius 3 is 3.12 bits per heavy atom. The van der Waals surface area contributed by atoms with E-state index in [0.717, 1.165) is 35.0 Å². The average Bonchev–Trinajstić information content (AvgIpc) is 2.95. The summed E-state index contributed by atoms with van der Waals surface area (Å²) in [5, 5.41) is 3.01. The van der Waals surface area contributed by atoms with Crippen LogP contribution in [0.25, 0.3) is 0 Å². The molecule has 1 aromatic carbocycles. The molecular weight excluding hydrogens is 232 g/mol. The van der Waals surface area contributed by atoms with E-state index in [1.807, 2.05) is 24.4 Å². The van der Waals surface area contributed by atoms with Crippen molar-refractivity contribution in [2.75, 3.05) is 6.61 Å². The van der Waals surface area contributed by atoms with Crippen LogP contribution in [0, 0.1) is 6.92 Å². The molecule has 1 unspecified atom stereocenters. The molecule has 0 amide bonds. The zero-order valence-electron chi connectivity index (χ0n) is 9.64. The number of aryl methyl sites for hydroxylation is 1. The summed E-state index contributed by atoms with van der Waals surface area (Å²) < 4.78 is 5.49. The van der Waals surface area contributed by atoms with Crippen molar-refractivity contribution in [2.45, 2.75) is 19.4 Å². The van der Waals surface area contributed by atoms with Crippen LogP contribution >= 0.6 is 11.3 Å². The van der Waals surface area contributed by atoms with Crippen molar-refractivity contribution in [1.82, 2.24) is 4.98 Å². The van der Waals surface area contributed by atoms with Crippen molar-refractivity contribution in [2.24, 2.45) is 5.73 Å². The van der Waals surface area contributed by atoms with E-state index < -0.39 is 0 Å². The third-order valence-electron chi connectivity index (χ3n) is 2.98. The van der Waals surface area contributed by atoms with Crippen molar-refractivity contribution >= 4 is 11.3 Å². The van der Waals surface area contributed by atoms with Gasteiger partial charge >= 0.3 is 0 Å². The maximum atomic E-state index is 6.23. The average molecular weight is 246 g/mol. The zero-order chi connectivity index (χ0) is 11.8. The van der Waals surface area contributed by atoms with E-state index in [1.54, 1.807) is 11.3 Å². The predicted octanol–water partition coefficient (Wildman–Crippen LogP) is 2.43. The summed E-state index contributed by atoms with van der Waals surface area (Å²) in [7, 11) is 0. The molecule has 0 spiro atoms. The van der Waals surface area contributed by atoms with Crippen LogP contribution in [0.5, 0.6) is 5.75 Å². The Kier molecular flexibility index (Phi) is 2.61. The van der Waals surface area contributed by atoms with Crippen molar-refractivity contribution in [3.05, 3.63) is 45.4 Å². The summed E-state index contributed by atoms with van der Waals surface area (Å²) in [6.07, 6.45) is 0.979. The van der Waals surface area contributed by atoms with Gasteiger partial charge in [-0.25, -0.2) is 4.98 Å². The van der Waals surface area contributed by atoms with E-state index in [-0.39, 0.29) is 6.04 Å². The molecule has 17 heavy (non-hydrogen) atoms. The Hall–Kier alpha value is -1.39. The highest BCUT2D eigenvalue weighted by atomic mass is 32.1.